The van der Waals surface area contributed by atoms with Crippen LogP contribution < -0.4 is 32.1 Å². The molecule has 0 radical (unpaired) electrons. The van der Waals surface area contributed by atoms with Crippen LogP contribution in [-0.2, 0) is 40.5 Å². The van der Waals surface area contributed by atoms with E-state index in [0.29, 0.717) is 22.1 Å². The molecule has 0 atom stereocenters. The summed E-state index contributed by atoms with van der Waals surface area (Å²) in [5.41, 5.74) is 6.22. The zero-order valence-electron chi connectivity index (χ0n) is 33.9. The summed E-state index contributed by atoms with van der Waals surface area (Å²) in [6, 6.07) is 25.7. The average Bonchev–Trinajstić information content (AvgIpc) is 3.24. The molecule has 2 heterocycles. The number of hydrazone groups is 2. The smallest absolute Gasteiger partial charge is 0.295 e. The number of anilines is 4. The number of amidine groups is 2. The van der Waals surface area contributed by atoms with Crippen molar-refractivity contribution in [2.75, 3.05) is 21.3 Å². The van der Waals surface area contributed by atoms with Crippen LogP contribution in [0, 0.1) is 0 Å². The van der Waals surface area contributed by atoms with Crippen molar-refractivity contribution in [3.05, 3.63) is 144 Å². The molecular formula is C40H32Cl2N10O12S4. The van der Waals surface area contributed by atoms with Gasteiger partial charge in [0.05, 0.1) is 23.6 Å². The van der Waals surface area contributed by atoms with Crippen molar-refractivity contribution in [2.24, 2.45) is 10.2 Å². The third-order valence-electron chi connectivity index (χ3n) is 9.81. The minimum Gasteiger partial charge on any atom is -0.340 e. The van der Waals surface area contributed by atoms with Crippen LogP contribution in [0.4, 0.5) is 22.7 Å². The van der Waals surface area contributed by atoms with Gasteiger partial charge in [0, 0.05) is 56.4 Å². The second-order valence-electron chi connectivity index (χ2n) is 14.4. The fourth-order valence-electron chi connectivity index (χ4n) is 7.01. The zero-order valence-corrected chi connectivity index (χ0v) is 38.7. The fraction of sp³-hybridized carbons (Fsp3) is 0. The average molecular weight is 1040 g/mol. The van der Waals surface area contributed by atoms with E-state index in [1.807, 2.05) is 0 Å². The molecular weight excluding hydrogens is 1010 g/mol. The first kappa shape index (κ1) is 47.5. The second-order valence-corrected chi connectivity index (χ2v) is 20.6. The van der Waals surface area contributed by atoms with E-state index in [4.69, 9.17) is 23.6 Å². The van der Waals surface area contributed by atoms with Gasteiger partial charge in [-0.25, -0.2) is 0 Å². The molecule has 0 spiro atoms. The number of halogens is 2. The molecule has 0 amide bonds. The maximum Gasteiger partial charge on any atom is 0.295 e. The molecule has 0 fully saturated rings. The predicted octanol–water partition coefficient (Wildman–Crippen LogP) is 6.46. The van der Waals surface area contributed by atoms with Gasteiger partial charge >= 0.3 is 0 Å². The molecule has 8 rings (SSSR count). The van der Waals surface area contributed by atoms with E-state index in [-0.39, 0.29) is 66.4 Å². The van der Waals surface area contributed by atoms with Gasteiger partial charge in [-0.1, -0.05) is 72.8 Å². The van der Waals surface area contributed by atoms with E-state index in [9.17, 15) is 51.9 Å². The van der Waals surface area contributed by atoms with Crippen molar-refractivity contribution >= 4 is 132 Å². The van der Waals surface area contributed by atoms with Crippen LogP contribution in [0.2, 0.25) is 0 Å². The van der Waals surface area contributed by atoms with E-state index in [2.05, 4.69) is 42.3 Å². The standard InChI is InChI=1S/C40H32Cl2N10O12S4/c41-51-47-37(21-39(49-51)45-31-15-17-33(65(53,54)55)29-7-3-1-5-27(29)31)43-25-13-11-23(35(19-25)67(59,60)61)9-10-24-12-14-26(20-36(24)68(62,63)64)44-38-22-40(50-52(42)48-38)46-32-16-18-34(66(56,57)58)30-8-4-2-6-28(30)32/h1-22,43-44,47-48H,(H,45,49)(H,46,50)(H,53,54,55)(H,56,57,58)(H,59,60,61)(H,62,63,64). The van der Waals surface area contributed by atoms with Crippen molar-refractivity contribution in [3.8, 4) is 0 Å². The monoisotopic (exact) mass is 1040 g/mol. The van der Waals surface area contributed by atoms with Gasteiger partial charge < -0.3 is 21.3 Å². The number of benzene rings is 6. The van der Waals surface area contributed by atoms with Gasteiger partial charge in [0.25, 0.3) is 40.5 Å². The first-order chi connectivity index (χ1) is 32.0. The molecule has 352 valence electrons. The molecule has 6 aromatic carbocycles. The summed E-state index contributed by atoms with van der Waals surface area (Å²) < 4.78 is 140. The highest BCUT2D eigenvalue weighted by Gasteiger charge is 2.22. The molecule has 0 bridgehead atoms. The van der Waals surface area contributed by atoms with Gasteiger partial charge in [-0.2, -0.15) is 33.7 Å². The minimum absolute atomic E-state index is 0.0892. The van der Waals surface area contributed by atoms with Crippen molar-refractivity contribution in [1.82, 2.24) is 20.1 Å². The predicted molar refractivity (Wildman–Crippen MR) is 256 cm³/mol. The molecule has 2 aliphatic heterocycles. The molecule has 2 aliphatic rings. The topological polar surface area (TPSA) is 321 Å². The SMILES string of the molecule is O=S(=O)(O)c1cc(NC2=CC(Nc3ccc(S(=O)(=O)O)c4ccccc34)=NN(Cl)N2)ccc1C=Cc1ccc(NC2=CC(Nc3ccc(S(=O)(=O)O)c4ccccc34)=NN(Cl)N2)cc1S(=O)(=O)O. The molecule has 22 nitrogen and oxygen atoms in total. The Hall–Kier alpha value is -6.98. The quantitative estimate of drug-likeness (QED) is 0.0357. The normalized spacial score (nSPS) is 14.7. The number of nitrogens with zero attached hydrogens (tertiary/aromatic N) is 4. The Balaban J connectivity index is 1.02. The molecule has 0 saturated carbocycles. The van der Waals surface area contributed by atoms with E-state index in [1.165, 1.54) is 85.0 Å². The number of nitrogens with one attached hydrogen (secondary N) is 6. The van der Waals surface area contributed by atoms with Crippen LogP contribution in [0.3, 0.4) is 0 Å². The Morgan fingerprint density at radius 1 is 0.456 bits per heavy atom. The van der Waals surface area contributed by atoms with E-state index < -0.39 is 50.3 Å². The highest BCUT2D eigenvalue weighted by atomic mass is 35.5. The lowest BCUT2D eigenvalue weighted by Gasteiger charge is -2.23. The summed E-state index contributed by atoms with van der Waals surface area (Å²) in [6.45, 7) is 0. The van der Waals surface area contributed by atoms with Crippen molar-refractivity contribution in [1.29, 1.82) is 0 Å². The lowest BCUT2D eigenvalue weighted by Crippen LogP contribution is -2.35. The third-order valence-corrected chi connectivity index (χ3v) is 13.8. The Bertz CT molecular complexity index is 3470. The highest BCUT2D eigenvalue weighted by Crippen LogP contribution is 2.33. The van der Waals surface area contributed by atoms with Gasteiger partial charge in [0.2, 0.25) is 0 Å². The number of rotatable bonds is 12. The maximum absolute atomic E-state index is 12.7. The van der Waals surface area contributed by atoms with Crippen LogP contribution in [0.5, 0.6) is 0 Å². The lowest BCUT2D eigenvalue weighted by atomic mass is 10.1. The zero-order chi connectivity index (χ0) is 48.8. The molecule has 28 heteroatoms. The van der Waals surface area contributed by atoms with Crippen LogP contribution in [0.1, 0.15) is 11.1 Å². The van der Waals surface area contributed by atoms with Gasteiger partial charge in [0.15, 0.2) is 11.7 Å². The minimum atomic E-state index is -4.93. The summed E-state index contributed by atoms with van der Waals surface area (Å²) in [4.78, 5) is -1.81. The van der Waals surface area contributed by atoms with Crippen LogP contribution >= 0.6 is 23.6 Å². The van der Waals surface area contributed by atoms with E-state index in [1.54, 1.807) is 36.4 Å². The summed E-state index contributed by atoms with van der Waals surface area (Å²) in [6.07, 6.45) is 5.28. The molecule has 0 unspecified atom stereocenters. The van der Waals surface area contributed by atoms with E-state index in [0.717, 1.165) is 21.4 Å². The molecule has 68 heavy (non-hydrogen) atoms. The Morgan fingerprint density at radius 2 is 0.809 bits per heavy atom. The van der Waals surface area contributed by atoms with Crippen molar-refractivity contribution < 1.29 is 51.9 Å². The van der Waals surface area contributed by atoms with Crippen molar-refractivity contribution in [2.45, 2.75) is 19.6 Å². The molecule has 6 aromatic rings. The first-order valence-electron chi connectivity index (χ1n) is 19.0. The molecule has 0 aromatic heterocycles. The largest absolute Gasteiger partial charge is 0.340 e. The Kier molecular flexibility index (Phi) is 12.8. The van der Waals surface area contributed by atoms with Gasteiger partial charge in [-0.15, -0.1) is 19.5 Å². The second kappa shape index (κ2) is 18.3. The van der Waals surface area contributed by atoms with Gasteiger partial charge in [0.1, 0.15) is 31.2 Å². The maximum atomic E-state index is 12.7. The highest BCUT2D eigenvalue weighted by molar-refractivity contribution is 7.86. The van der Waals surface area contributed by atoms with Crippen LogP contribution in [0.15, 0.2) is 163 Å². The van der Waals surface area contributed by atoms with Crippen LogP contribution in [-0.4, -0.2) is 72.8 Å². The van der Waals surface area contributed by atoms with E-state index >= 15 is 0 Å². The Labute approximate surface area is 397 Å². The van der Waals surface area contributed by atoms with Crippen LogP contribution in [0.25, 0.3) is 33.7 Å². The lowest BCUT2D eigenvalue weighted by molar-refractivity contribution is 0.394. The van der Waals surface area contributed by atoms with Gasteiger partial charge in [-0.05, 0) is 59.7 Å². The summed E-state index contributed by atoms with van der Waals surface area (Å²) in [5.74, 6) is 0.536. The summed E-state index contributed by atoms with van der Waals surface area (Å²) >= 11 is 12.4. The molecule has 10 N–H and O–H groups in total. The number of hydrazine groups is 2. The van der Waals surface area contributed by atoms with Crippen molar-refractivity contribution in [3.63, 3.8) is 0 Å². The summed E-state index contributed by atoms with van der Waals surface area (Å²) in [7, 11) is -18.9. The molecule has 0 aliphatic carbocycles. The number of hydrogen-bond donors (Lipinski definition) is 10. The number of fused-ring (bicyclic) bond motifs is 2. The molecule has 0 saturated heterocycles. The third kappa shape index (κ3) is 10.7. The summed E-state index contributed by atoms with van der Waals surface area (Å²) in [5, 5.41) is 21.4. The fourth-order valence-corrected chi connectivity index (χ4v) is 10.2. The van der Waals surface area contributed by atoms with Gasteiger partial charge in [-0.3, -0.25) is 29.1 Å². The Morgan fingerprint density at radius 3 is 1.16 bits per heavy atom. The first-order valence-corrected chi connectivity index (χ1v) is 25.5. The number of hydrogen-bond acceptors (Lipinski definition) is 18.